The van der Waals surface area contributed by atoms with E-state index in [0.29, 0.717) is 47.4 Å². The zero-order valence-corrected chi connectivity index (χ0v) is 19.7. The van der Waals surface area contributed by atoms with Gasteiger partial charge in [-0.3, -0.25) is 9.59 Å². The Balaban J connectivity index is 1.81. The maximum Gasteiger partial charge on any atom is 0.254 e. The second kappa shape index (κ2) is 11.2. The molecule has 0 saturated carbocycles. The lowest BCUT2D eigenvalue weighted by Crippen LogP contribution is -2.42. The van der Waals surface area contributed by atoms with E-state index in [9.17, 15) is 9.59 Å². The van der Waals surface area contributed by atoms with Gasteiger partial charge in [-0.2, -0.15) is 0 Å². The first-order valence-electron chi connectivity index (χ1n) is 10.5. The van der Waals surface area contributed by atoms with Crippen molar-refractivity contribution in [3.63, 3.8) is 0 Å². The summed E-state index contributed by atoms with van der Waals surface area (Å²) < 4.78 is 5.69. The fourth-order valence-corrected chi connectivity index (χ4v) is 3.97. The molecule has 0 aliphatic rings. The van der Waals surface area contributed by atoms with E-state index < -0.39 is 0 Å². The molecule has 0 radical (unpaired) electrons. The molecule has 0 saturated heterocycles. The van der Waals surface area contributed by atoms with Gasteiger partial charge < -0.3 is 14.2 Å². The van der Waals surface area contributed by atoms with Gasteiger partial charge in [0.25, 0.3) is 5.91 Å². The van der Waals surface area contributed by atoms with E-state index in [0.717, 1.165) is 11.3 Å². The van der Waals surface area contributed by atoms with Gasteiger partial charge in [0.05, 0.1) is 6.54 Å². The van der Waals surface area contributed by atoms with E-state index in [4.69, 9.17) is 27.6 Å². The largest absolute Gasteiger partial charge is 0.464 e. The minimum absolute atomic E-state index is 0.0523. The zero-order valence-electron chi connectivity index (χ0n) is 18.2. The Bertz CT molecular complexity index is 1050. The highest BCUT2D eigenvalue weighted by Gasteiger charge is 2.23. The molecule has 7 heteroatoms. The molecule has 3 aromatic rings. The van der Waals surface area contributed by atoms with E-state index in [1.165, 1.54) is 4.90 Å². The van der Waals surface area contributed by atoms with Crippen LogP contribution in [0.5, 0.6) is 0 Å². The van der Waals surface area contributed by atoms with Crippen LogP contribution in [0.1, 0.15) is 40.8 Å². The quantitative estimate of drug-likeness (QED) is 0.385. The number of carbonyl (C=O) groups excluding carboxylic acids is 2. The van der Waals surface area contributed by atoms with Crippen LogP contribution in [-0.2, 0) is 17.9 Å². The summed E-state index contributed by atoms with van der Waals surface area (Å²) in [5, 5.41) is 0.755. The maximum atomic E-state index is 13.4. The van der Waals surface area contributed by atoms with E-state index in [-0.39, 0.29) is 18.4 Å². The number of amides is 2. The normalized spacial score (nSPS) is 10.8. The van der Waals surface area contributed by atoms with Crippen LogP contribution in [0, 0.1) is 6.92 Å². The summed E-state index contributed by atoms with van der Waals surface area (Å²) >= 11 is 12.1. The second-order valence-corrected chi connectivity index (χ2v) is 8.51. The molecule has 0 bridgehead atoms. The number of carbonyl (C=O) groups is 2. The Morgan fingerprint density at radius 1 is 0.906 bits per heavy atom. The molecule has 0 atom stereocenters. The van der Waals surface area contributed by atoms with Gasteiger partial charge in [0, 0.05) is 28.7 Å². The van der Waals surface area contributed by atoms with Crippen LogP contribution in [0.15, 0.2) is 65.1 Å². The highest BCUT2D eigenvalue weighted by Crippen LogP contribution is 2.21. The molecule has 32 heavy (non-hydrogen) atoms. The van der Waals surface area contributed by atoms with Gasteiger partial charge in [-0.25, -0.2) is 0 Å². The molecular weight excluding hydrogens is 447 g/mol. The molecule has 0 unspecified atom stereocenters. The number of furan rings is 1. The molecule has 2 amide bonds. The van der Waals surface area contributed by atoms with E-state index in [2.05, 4.69) is 0 Å². The number of nitrogens with zero attached hydrogens (tertiary/aromatic N) is 2. The third kappa shape index (κ3) is 6.62. The summed E-state index contributed by atoms with van der Waals surface area (Å²) in [4.78, 5) is 29.7. The molecule has 2 aromatic carbocycles. The van der Waals surface area contributed by atoms with Crippen LogP contribution < -0.4 is 0 Å². The molecule has 0 aliphatic carbocycles. The average molecular weight is 473 g/mol. The molecule has 0 spiro atoms. The van der Waals surface area contributed by atoms with Crippen molar-refractivity contribution in [1.29, 1.82) is 0 Å². The Labute approximate surface area is 198 Å². The molecule has 0 N–H and O–H groups in total. The summed E-state index contributed by atoms with van der Waals surface area (Å²) in [5.41, 5.74) is 1.36. The molecule has 1 aromatic heterocycles. The fraction of sp³-hybridized carbons (Fsp3) is 0.280. The Kier molecular flexibility index (Phi) is 8.37. The molecule has 0 fully saturated rings. The minimum Gasteiger partial charge on any atom is -0.464 e. The number of benzene rings is 2. The van der Waals surface area contributed by atoms with Crippen molar-refractivity contribution >= 4 is 35.0 Å². The number of rotatable bonds is 9. The lowest BCUT2D eigenvalue weighted by atomic mass is 10.1. The fourth-order valence-electron chi connectivity index (χ4n) is 3.44. The second-order valence-electron chi connectivity index (χ2n) is 7.63. The van der Waals surface area contributed by atoms with Crippen molar-refractivity contribution in [3.8, 4) is 0 Å². The highest BCUT2D eigenvalue weighted by molar-refractivity contribution is 6.35. The molecule has 3 rings (SSSR count). The highest BCUT2D eigenvalue weighted by atomic mass is 35.5. The Morgan fingerprint density at radius 2 is 1.59 bits per heavy atom. The van der Waals surface area contributed by atoms with Crippen molar-refractivity contribution in [3.05, 3.63) is 93.4 Å². The van der Waals surface area contributed by atoms with Crippen LogP contribution >= 0.6 is 23.2 Å². The van der Waals surface area contributed by atoms with Crippen LogP contribution in [0.25, 0.3) is 0 Å². The maximum absolute atomic E-state index is 13.4. The third-order valence-corrected chi connectivity index (χ3v) is 5.36. The number of hydrogen-bond donors (Lipinski definition) is 0. The van der Waals surface area contributed by atoms with Gasteiger partial charge in [-0.05, 0) is 49.2 Å². The lowest BCUT2D eigenvalue weighted by molar-refractivity contribution is -0.133. The summed E-state index contributed by atoms with van der Waals surface area (Å²) in [7, 11) is 0. The zero-order chi connectivity index (χ0) is 23.1. The van der Waals surface area contributed by atoms with Gasteiger partial charge in [0.2, 0.25) is 5.91 Å². The lowest BCUT2D eigenvalue weighted by Gasteiger charge is -2.27. The molecule has 5 nitrogen and oxygen atoms in total. The molecule has 0 aliphatic heterocycles. The first kappa shape index (κ1) is 23.9. The van der Waals surface area contributed by atoms with Gasteiger partial charge in [0.1, 0.15) is 18.1 Å². The van der Waals surface area contributed by atoms with Crippen molar-refractivity contribution in [1.82, 2.24) is 9.80 Å². The van der Waals surface area contributed by atoms with Gasteiger partial charge in [0.15, 0.2) is 0 Å². The van der Waals surface area contributed by atoms with E-state index in [1.54, 1.807) is 23.1 Å². The summed E-state index contributed by atoms with van der Waals surface area (Å²) in [6, 6.07) is 18.2. The molecule has 168 valence electrons. The van der Waals surface area contributed by atoms with Crippen molar-refractivity contribution < 1.29 is 14.0 Å². The molecule has 1 heterocycles. The number of halogens is 2. The third-order valence-electron chi connectivity index (χ3n) is 4.93. The smallest absolute Gasteiger partial charge is 0.254 e. The van der Waals surface area contributed by atoms with Crippen molar-refractivity contribution in [2.45, 2.75) is 33.4 Å². The Hall–Kier alpha value is -2.76. The summed E-state index contributed by atoms with van der Waals surface area (Å²) in [5.74, 6) is 1.03. The SMILES string of the molecule is CCCN(CC(=O)N(Cc1ccccc1)Cc1ccc(C)o1)C(=O)c1cc(Cl)cc(Cl)c1. The van der Waals surface area contributed by atoms with E-state index in [1.807, 2.05) is 56.3 Å². The summed E-state index contributed by atoms with van der Waals surface area (Å²) in [6.45, 7) is 4.94. The molecular formula is C25H26Cl2N2O3. The predicted molar refractivity (Wildman–Crippen MR) is 127 cm³/mol. The van der Waals surface area contributed by atoms with Crippen LogP contribution in [0.4, 0.5) is 0 Å². The predicted octanol–water partition coefficient (Wildman–Crippen LogP) is 5.98. The van der Waals surface area contributed by atoms with Gasteiger partial charge >= 0.3 is 0 Å². The topological polar surface area (TPSA) is 53.8 Å². The number of aryl methyl sites for hydroxylation is 1. The first-order chi connectivity index (χ1) is 15.4. The van der Waals surface area contributed by atoms with Gasteiger partial charge in [-0.15, -0.1) is 0 Å². The average Bonchev–Trinajstić information content (AvgIpc) is 3.17. The van der Waals surface area contributed by atoms with Crippen molar-refractivity contribution in [2.24, 2.45) is 0 Å². The van der Waals surface area contributed by atoms with Gasteiger partial charge in [-0.1, -0.05) is 60.5 Å². The van der Waals surface area contributed by atoms with Crippen molar-refractivity contribution in [2.75, 3.05) is 13.1 Å². The van der Waals surface area contributed by atoms with Crippen LogP contribution in [0.2, 0.25) is 10.0 Å². The monoisotopic (exact) mass is 472 g/mol. The van der Waals surface area contributed by atoms with Crippen LogP contribution in [0.3, 0.4) is 0 Å². The van der Waals surface area contributed by atoms with Crippen LogP contribution in [-0.4, -0.2) is 34.7 Å². The summed E-state index contributed by atoms with van der Waals surface area (Å²) in [6.07, 6.45) is 0.712. The van der Waals surface area contributed by atoms with E-state index >= 15 is 0 Å². The Morgan fingerprint density at radius 3 is 2.19 bits per heavy atom. The number of hydrogen-bond acceptors (Lipinski definition) is 3. The first-order valence-corrected chi connectivity index (χ1v) is 11.2. The minimum atomic E-state index is -0.280. The standard InChI is InChI=1S/C25H26Cl2N2O3/c1-3-11-28(25(31)20-12-21(26)14-22(27)13-20)17-24(30)29(15-19-7-5-4-6-8-19)16-23-10-9-18(2)32-23/h4-10,12-14H,3,11,15-17H2,1-2H3.